The summed E-state index contributed by atoms with van der Waals surface area (Å²) in [5, 5.41) is 12.4. The van der Waals surface area contributed by atoms with Crippen LogP contribution in [0.5, 0.6) is 0 Å². The van der Waals surface area contributed by atoms with Crippen LogP contribution in [-0.2, 0) is 9.84 Å². The van der Waals surface area contributed by atoms with E-state index in [-0.39, 0.29) is 4.90 Å². The van der Waals surface area contributed by atoms with Crippen LogP contribution in [0.1, 0.15) is 5.56 Å². The molecule has 0 atom stereocenters. The van der Waals surface area contributed by atoms with Crippen LogP contribution >= 0.6 is 12.2 Å². The van der Waals surface area contributed by atoms with Crippen LogP contribution in [0, 0.1) is 17.6 Å². The van der Waals surface area contributed by atoms with Gasteiger partial charge in [-0.05, 0) is 31.3 Å². The number of thiocarbonyl (C=S) groups is 1. The van der Waals surface area contributed by atoms with E-state index in [9.17, 15) is 8.42 Å². The molecule has 0 aliphatic rings. The largest absolute Gasteiger partial charge is 0.376 e. The van der Waals surface area contributed by atoms with Crippen molar-refractivity contribution in [1.29, 1.82) is 5.26 Å². The van der Waals surface area contributed by atoms with Gasteiger partial charge in [0.2, 0.25) is 0 Å². The predicted molar refractivity (Wildman–Crippen MR) is 69.8 cm³/mol. The lowest BCUT2D eigenvalue weighted by Gasteiger charge is -1.94. The smallest absolute Gasteiger partial charge is 0.269 e. The van der Waals surface area contributed by atoms with Gasteiger partial charge in [0.25, 0.3) is 9.84 Å². The molecule has 92 valence electrons. The first-order valence-electron chi connectivity index (χ1n) is 4.53. The summed E-state index contributed by atoms with van der Waals surface area (Å²) in [6.07, 6.45) is 0. The number of benzene rings is 1. The van der Waals surface area contributed by atoms with E-state index in [1.807, 2.05) is 6.92 Å². The zero-order valence-corrected chi connectivity index (χ0v) is 11.1. The molecule has 0 saturated carbocycles. The Labute approximate surface area is 106 Å². The zero-order valence-electron chi connectivity index (χ0n) is 9.47. The van der Waals surface area contributed by atoms with Gasteiger partial charge in [0, 0.05) is 7.05 Å². The average molecular weight is 271 g/mol. The lowest BCUT2D eigenvalue weighted by Crippen LogP contribution is -2.24. The maximum Gasteiger partial charge on any atom is 0.269 e. The van der Waals surface area contributed by atoms with Crippen LogP contribution in [0.25, 0.3) is 0 Å². The topological polar surface area (TPSA) is 96.0 Å². The zero-order chi connectivity index (χ0) is 13.5. The molecule has 0 heterocycles. The summed E-state index contributed by atoms with van der Waals surface area (Å²) in [6.45, 7) is 1.85. The third-order valence-electron chi connectivity index (χ3n) is 1.70. The second kappa shape index (κ2) is 6.83. The fourth-order valence-electron chi connectivity index (χ4n) is 0.770. The minimum Gasteiger partial charge on any atom is -0.376 e. The van der Waals surface area contributed by atoms with E-state index in [0.717, 1.165) is 5.56 Å². The first kappa shape index (κ1) is 15.3. The van der Waals surface area contributed by atoms with Crippen molar-refractivity contribution in [2.24, 2.45) is 5.73 Å². The van der Waals surface area contributed by atoms with E-state index in [0.29, 0.717) is 5.11 Å². The summed E-state index contributed by atoms with van der Waals surface area (Å²) >= 11 is 4.36. The fourth-order valence-corrected chi connectivity index (χ4v) is 1.37. The Morgan fingerprint density at radius 3 is 2.12 bits per heavy atom. The molecular weight excluding hydrogens is 258 g/mol. The molecule has 1 rings (SSSR count). The third-order valence-corrected chi connectivity index (χ3v) is 3.04. The summed E-state index contributed by atoms with van der Waals surface area (Å²) in [5.41, 5.74) is 5.88. The van der Waals surface area contributed by atoms with E-state index < -0.39 is 9.84 Å². The Balaban J connectivity index is 0.000000437. The molecule has 0 aromatic heterocycles. The number of nitrogens with zero attached hydrogens (tertiary/aromatic N) is 1. The molecule has 0 spiro atoms. The minimum atomic E-state index is -3.71. The highest BCUT2D eigenvalue weighted by atomic mass is 32.2. The first-order chi connectivity index (χ1) is 7.83. The van der Waals surface area contributed by atoms with Crippen LogP contribution in [0.4, 0.5) is 0 Å². The number of thiocyanates is 1. The maximum atomic E-state index is 11.0. The first-order valence-corrected chi connectivity index (χ1v) is 6.42. The number of aryl methyl sites for hydroxylation is 1. The molecular formula is C10H13N3O2S2. The molecule has 0 fully saturated rings. The van der Waals surface area contributed by atoms with Crippen molar-refractivity contribution < 1.29 is 8.42 Å². The number of hydrogen-bond donors (Lipinski definition) is 2. The van der Waals surface area contributed by atoms with Crippen molar-refractivity contribution in [3.8, 4) is 5.40 Å². The van der Waals surface area contributed by atoms with E-state index >= 15 is 0 Å². The lowest BCUT2D eigenvalue weighted by atomic mass is 10.2. The van der Waals surface area contributed by atoms with Crippen molar-refractivity contribution in [1.82, 2.24) is 5.32 Å². The molecule has 0 aliphatic heterocycles. The SMILES string of the molecule is CNC(N)=S.Cc1ccc(S(=O)(=O)C#N)cc1. The fraction of sp³-hybridized carbons (Fsp3) is 0.200. The second-order valence-electron chi connectivity index (χ2n) is 3.02. The predicted octanol–water partition coefficient (Wildman–Crippen LogP) is 0.699. The Hall–Kier alpha value is -1.65. The quantitative estimate of drug-likeness (QED) is 0.443. The average Bonchev–Trinajstić information content (AvgIpc) is 2.30. The van der Waals surface area contributed by atoms with E-state index in [2.05, 4.69) is 17.5 Å². The van der Waals surface area contributed by atoms with E-state index in [1.165, 1.54) is 17.5 Å². The van der Waals surface area contributed by atoms with Crippen LogP contribution in [0.15, 0.2) is 29.2 Å². The van der Waals surface area contributed by atoms with Crippen molar-refractivity contribution in [2.45, 2.75) is 11.8 Å². The van der Waals surface area contributed by atoms with Gasteiger partial charge in [-0.3, -0.25) is 0 Å². The number of nitrogens with two attached hydrogens (primary N) is 1. The highest BCUT2D eigenvalue weighted by Gasteiger charge is 2.10. The summed E-state index contributed by atoms with van der Waals surface area (Å²) in [7, 11) is -2.03. The highest BCUT2D eigenvalue weighted by molar-refractivity contribution is 7.95. The molecule has 5 nitrogen and oxygen atoms in total. The molecule has 0 unspecified atom stereocenters. The Morgan fingerprint density at radius 1 is 1.41 bits per heavy atom. The Kier molecular flexibility index (Phi) is 6.17. The summed E-state index contributed by atoms with van der Waals surface area (Å²) in [5.74, 6) is 0. The van der Waals surface area contributed by atoms with Crippen molar-refractivity contribution in [3.63, 3.8) is 0 Å². The number of nitriles is 1. The standard InChI is InChI=1S/C8H7NO2S.C2H6N2S/c1-7-2-4-8(5-3-7)12(10,11)6-9;1-4-2(3)5/h2-5H,1H3;1H3,(H3,3,4,5). The molecule has 0 amide bonds. The van der Waals surface area contributed by atoms with Crippen molar-refractivity contribution >= 4 is 27.2 Å². The van der Waals surface area contributed by atoms with Gasteiger partial charge in [-0.2, -0.15) is 5.26 Å². The summed E-state index contributed by atoms with van der Waals surface area (Å²) < 4.78 is 21.9. The van der Waals surface area contributed by atoms with Crippen LogP contribution in [0.2, 0.25) is 0 Å². The number of nitrogens with one attached hydrogen (secondary N) is 1. The second-order valence-corrected chi connectivity index (χ2v) is 5.12. The minimum absolute atomic E-state index is 0.0515. The van der Waals surface area contributed by atoms with Gasteiger partial charge >= 0.3 is 0 Å². The Bertz CT molecular complexity index is 515. The highest BCUT2D eigenvalue weighted by Crippen LogP contribution is 2.10. The van der Waals surface area contributed by atoms with Gasteiger partial charge in [0.15, 0.2) is 10.5 Å². The molecule has 0 radical (unpaired) electrons. The molecule has 0 saturated heterocycles. The molecule has 3 N–H and O–H groups in total. The van der Waals surface area contributed by atoms with Gasteiger partial charge in [-0.25, -0.2) is 8.42 Å². The van der Waals surface area contributed by atoms with Gasteiger partial charge in [-0.1, -0.05) is 17.7 Å². The van der Waals surface area contributed by atoms with Gasteiger partial charge < -0.3 is 11.1 Å². The Morgan fingerprint density at radius 2 is 1.82 bits per heavy atom. The van der Waals surface area contributed by atoms with Crippen molar-refractivity contribution in [3.05, 3.63) is 29.8 Å². The number of sulfone groups is 1. The number of hydrogen-bond acceptors (Lipinski definition) is 4. The molecule has 0 bridgehead atoms. The molecule has 1 aromatic carbocycles. The molecule has 17 heavy (non-hydrogen) atoms. The van der Waals surface area contributed by atoms with Gasteiger partial charge in [0.05, 0.1) is 4.90 Å². The van der Waals surface area contributed by atoms with E-state index in [1.54, 1.807) is 19.2 Å². The molecule has 7 heteroatoms. The summed E-state index contributed by atoms with van der Waals surface area (Å²) in [6, 6.07) is 6.16. The maximum absolute atomic E-state index is 11.0. The normalized spacial score (nSPS) is 9.47. The molecule has 0 aliphatic carbocycles. The molecule has 1 aromatic rings. The third kappa shape index (κ3) is 5.85. The summed E-state index contributed by atoms with van der Waals surface area (Å²) in [4.78, 5) is 0.0515. The van der Waals surface area contributed by atoms with E-state index in [4.69, 9.17) is 11.0 Å². The van der Waals surface area contributed by atoms with Crippen molar-refractivity contribution in [2.75, 3.05) is 7.05 Å². The van der Waals surface area contributed by atoms with Crippen LogP contribution in [0.3, 0.4) is 0 Å². The van der Waals surface area contributed by atoms with Crippen LogP contribution in [-0.4, -0.2) is 20.6 Å². The van der Waals surface area contributed by atoms with Gasteiger partial charge in [-0.15, -0.1) is 0 Å². The van der Waals surface area contributed by atoms with Crippen LogP contribution < -0.4 is 11.1 Å². The lowest BCUT2D eigenvalue weighted by molar-refractivity contribution is 0.605. The van der Waals surface area contributed by atoms with Gasteiger partial charge in [0.1, 0.15) is 0 Å². The monoisotopic (exact) mass is 271 g/mol. The number of rotatable bonds is 1.